The summed E-state index contributed by atoms with van der Waals surface area (Å²) in [4.78, 5) is 10.0. The molecule has 3 heteroatoms. The molecule has 1 unspecified atom stereocenters. The molecule has 3 N–H and O–H groups in total. The summed E-state index contributed by atoms with van der Waals surface area (Å²) in [5, 5.41) is 8.26. The van der Waals surface area contributed by atoms with Crippen molar-refractivity contribution in [2.24, 2.45) is 5.73 Å². The van der Waals surface area contributed by atoms with Crippen molar-refractivity contribution in [3.8, 4) is 0 Å². The minimum Gasteiger partial charge on any atom is -0.481 e. The highest BCUT2D eigenvalue weighted by atomic mass is 16.4. The third kappa shape index (κ3) is 5.30. The van der Waals surface area contributed by atoms with Crippen LogP contribution in [0.2, 0.25) is 0 Å². The third-order valence-electron chi connectivity index (χ3n) is 1.01. The third-order valence-corrected chi connectivity index (χ3v) is 1.01. The van der Waals surface area contributed by atoms with Gasteiger partial charge in [-0.3, -0.25) is 4.79 Å². The maximum Gasteiger partial charge on any atom is 0.304 e. The Kier molecular flexibility index (Phi) is 3.15. The number of carboxylic acid groups (broad SMARTS) is 1. The minimum absolute atomic E-state index is 0.0139. The van der Waals surface area contributed by atoms with Crippen molar-refractivity contribution < 1.29 is 11.3 Å². The molecule has 0 fully saturated rings. The van der Waals surface area contributed by atoms with E-state index in [1.165, 1.54) is 0 Å². The van der Waals surface area contributed by atoms with Crippen molar-refractivity contribution >= 4 is 5.97 Å². The number of hydrogen-bond donors (Lipinski definition) is 2. The summed E-state index contributed by atoms with van der Waals surface area (Å²) in [6.07, 6.45) is 1.34. The van der Waals surface area contributed by atoms with Crippen LogP contribution >= 0.6 is 0 Å². The fraction of sp³-hybridized carbons (Fsp3) is 0.833. The van der Waals surface area contributed by atoms with Gasteiger partial charge in [-0.1, -0.05) is 13.3 Å². The lowest BCUT2D eigenvalue weighted by atomic mass is 10.1. The first-order valence-electron chi connectivity index (χ1n) is 3.64. The van der Waals surface area contributed by atoms with Crippen LogP contribution in [0.3, 0.4) is 0 Å². The summed E-state index contributed by atoms with van der Waals surface area (Å²) < 4.78 is 6.78. The van der Waals surface area contributed by atoms with E-state index in [-0.39, 0.29) is 12.5 Å². The minimum atomic E-state index is -0.863. The van der Waals surface area contributed by atoms with Gasteiger partial charge in [-0.05, 0) is 6.42 Å². The van der Waals surface area contributed by atoms with Gasteiger partial charge in [0.25, 0.3) is 0 Å². The van der Waals surface area contributed by atoms with Gasteiger partial charge in [-0.15, -0.1) is 0 Å². The molecule has 0 amide bonds. The van der Waals surface area contributed by atoms with E-state index in [0.29, 0.717) is 19.7 Å². The van der Waals surface area contributed by atoms with Crippen molar-refractivity contribution in [3.63, 3.8) is 0 Å². The standard InChI is InChI=1S/C6H13NO2/c1-2-3-5(7)4-6(8)9/h5H,2-4,7H2,1H3,(H,8,9)/i1T. The van der Waals surface area contributed by atoms with Crippen LogP contribution in [0, 0.1) is 0 Å². The Labute approximate surface area is 56.3 Å². The fourth-order valence-electron chi connectivity index (χ4n) is 0.589. The summed E-state index contributed by atoms with van der Waals surface area (Å²) >= 11 is 0. The largest absolute Gasteiger partial charge is 0.481 e. The lowest BCUT2D eigenvalue weighted by molar-refractivity contribution is -0.137. The monoisotopic (exact) mass is 133 g/mol. The maximum atomic E-state index is 10.0. The summed E-state index contributed by atoms with van der Waals surface area (Å²) in [5.41, 5.74) is 5.40. The number of nitrogens with two attached hydrogens (primary N) is 1. The quantitative estimate of drug-likeness (QED) is 0.590. The average molecular weight is 133 g/mol. The topological polar surface area (TPSA) is 63.3 Å². The zero-order valence-electron chi connectivity index (χ0n) is 6.34. The van der Waals surface area contributed by atoms with Crippen molar-refractivity contribution in [2.75, 3.05) is 0 Å². The Balaban J connectivity index is 3.25. The van der Waals surface area contributed by atoms with E-state index in [0.717, 1.165) is 0 Å². The summed E-state index contributed by atoms with van der Waals surface area (Å²) in [6, 6.07) is -0.275. The molecule has 0 aromatic carbocycles. The molecule has 0 spiro atoms. The lowest BCUT2D eigenvalue weighted by Crippen LogP contribution is -2.22. The van der Waals surface area contributed by atoms with E-state index in [1.54, 1.807) is 0 Å². The molecule has 0 aliphatic heterocycles. The molecule has 0 bridgehead atoms. The maximum absolute atomic E-state index is 10.0. The first-order chi connectivity index (χ1) is 4.66. The average Bonchev–Trinajstić information content (AvgIpc) is 1.82. The summed E-state index contributed by atoms with van der Waals surface area (Å²) in [6.45, 7) is 0.327. The molecule has 0 rings (SSSR count). The first-order valence-corrected chi connectivity index (χ1v) is 2.93. The van der Waals surface area contributed by atoms with E-state index < -0.39 is 5.97 Å². The van der Waals surface area contributed by atoms with E-state index in [9.17, 15) is 4.79 Å². The molecule has 1 atom stereocenters. The Bertz CT molecular complexity index is 108. The van der Waals surface area contributed by atoms with E-state index >= 15 is 0 Å². The predicted molar refractivity (Wildman–Crippen MR) is 35.1 cm³/mol. The normalized spacial score (nSPS) is 14.6. The molecule has 54 valence electrons. The molecular weight excluding hydrogens is 118 g/mol. The molecule has 0 aromatic heterocycles. The molecule has 0 heterocycles. The van der Waals surface area contributed by atoms with E-state index in [1.807, 2.05) is 0 Å². The number of hydrogen-bond acceptors (Lipinski definition) is 2. The zero-order chi connectivity index (χ0) is 7.98. The summed E-state index contributed by atoms with van der Waals surface area (Å²) in [5.74, 6) is -0.863. The summed E-state index contributed by atoms with van der Waals surface area (Å²) in [7, 11) is 0. The predicted octanol–water partition coefficient (Wildman–Crippen LogP) is 0.589. The van der Waals surface area contributed by atoms with Gasteiger partial charge in [-0.25, -0.2) is 0 Å². The van der Waals surface area contributed by atoms with Gasteiger partial charge in [0.1, 0.15) is 0 Å². The van der Waals surface area contributed by atoms with Gasteiger partial charge < -0.3 is 10.8 Å². The van der Waals surface area contributed by atoms with Crippen molar-refractivity contribution in [1.82, 2.24) is 0 Å². The van der Waals surface area contributed by atoms with Crippen LogP contribution in [0.5, 0.6) is 0 Å². The molecule has 0 aromatic rings. The SMILES string of the molecule is [3H]CCCC(N)CC(=O)O. The highest BCUT2D eigenvalue weighted by Gasteiger charge is 2.04. The molecule has 0 aliphatic carbocycles. The molecule has 3 nitrogen and oxygen atoms in total. The van der Waals surface area contributed by atoms with Crippen LogP contribution in [0.4, 0.5) is 0 Å². The van der Waals surface area contributed by atoms with Crippen LogP contribution in [0.25, 0.3) is 0 Å². The van der Waals surface area contributed by atoms with Crippen molar-refractivity contribution in [3.05, 3.63) is 0 Å². The highest BCUT2D eigenvalue weighted by Crippen LogP contribution is 1.96. The van der Waals surface area contributed by atoms with Gasteiger partial charge >= 0.3 is 5.97 Å². The molecule has 0 saturated carbocycles. The second-order valence-corrected chi connectivity index (χ2v) is 2.00. The zero-order valence-corrected chi connectivity index (χ0v) is 5.34. The molecule has 9 heavy (non-hydrogen) atoms. The van der Waals surface area contributed by atoms with Gasteiger partial charge in [0.2, 0.25) is 0 Å². The van der Waals surface area contributed by atoms with Crippen molar-refractivity contribution in [2.45, 2.75) is 32.2 Å². The van der Waals surface area contributed by atoms with Crippen LogP contribution < -0.4 is 5.73 Å². The molecule has 0 saturated heterocycles. The Morgan fingerprint density at radius 3 is 3.11 bits per heavy atom. The number of aliphatic carboxylic acids is 1. The lowest BCUT2D eigenvalue weighted by Gasteiger charge is -2.04. The van der Waals surface area contributed by atoms with Gasteiger partial charge in [0.15, 0.2) is 0 Å². The van der Waals surface area contributed by atoms with Gasteiger partial charge in [0, 0.05) is 7.41 Å². The number of rotatable bonds is 4. The molecule has 0 aliphatic rings. The fourth-order valence-corrected chi connectivity index (χ4v) is 0.589. The van der Waals surface area contributed by atoms with E-state index in [2.05, 4.69) is 0 Å². The van der Waals surface area contributed by atoms with Crippen LogP contribution in [-0.2, 0) is 4.79 Å². The Hall–Kier alpha value is -0.570. The van der Waals surface area contributed by atoms with Crippen LogP contribution in [-0.4, -0.2) is 17.1 Å². The smallest absolute Gasteiger partial charge is 0.304 e. The van der Waals surface area contributed by atoms with Gasteiger partial charge in [0.05, 0.1) is 6.42 Å². The first kappa shape index (κ1) is 6.55. The highest BCUT2D eigenvalue weighted by molar-refractivity contribution is 5.67. The number of carbonyl (C=O) groups is 1. The Morgan fingerprint density at radius 2 is 2.67 bits per heavy atom. The second kappa shape index (κ2) is 4.32. The van der Waals surface area contributed by atoms with Crippen LogP contribution in [0.1, 0.15) is 27.5 Å². The number of carboxylic acids is 1. The second-order valence-electron chi connectivity index (χ2n) is 2.00. The van der Waals surface area contributed by atoms with Crippen LogP contribution in [0.15, 0.2) is 0 Å². The van der Waals surface area contributed by atoms with E-state index in [4.69, 9.17) is 12.2 Å². The van der Waals surface area contributed by atoms with Crippen molar-refractivity contribution in [1.29, 1.82) is 0 Å². The Morgan fingerprint density at radius 1 is 2.00 bits per heavy atom. The molecular formula is C6H13NO2. The van der Waals surface area contributed by atoms with Gasteiger partial charge in [-0.2, -0.15) is 0 Å². The molecule has 0 radical (unpaired) electrons.